The lowest BCUT2D eigenvalue weighted by molar-refractivity contribution is -0.127. The molecule has 0 aliphatic heterocycles. The molecular weight excluding hydrogens is 238 g/mol. The summed E-state index contributed by atoms with van der Waals surface area (Å²) in [6, 6.07) is 9.63. The van der Waals surface area contributed by atoms with Crippen molar-refractivity contribution in [3.05, 3.63) is 35.9 Å². The molecule has 3 N–H and O–H groups in total. The van der Waals surface area contributed by atoms with E-state index >= 15 is 0 Å². The molecule has 1 aromatic carbocycles. The zero-order chi connectivity index (χ0) is 14.3. The Labute approximate surface area is 116 Å². The summed E-state index contributed by atoms with van der Waals surface area (Å²) in [6.45, 7) is 8.17. The van der Waals surface area contributed by atoms with Gasteiger partial charge in [0.05, 0.1) is 0 Å². The number of carbonyl (C=O) groups excluding carboxylic acids is 1. The van der Waals surface area contributed by atoms with Crippen LogP contribution in [0.4, 0.5) is 0 Å². The average Bonchev–Trinajstić information content (AvgIpc) is 2.45. The predicted octanol–water partition coefficient (Wildman–Crippen LogP) is 1.53. The van der Waals surface area contributed by atoms with E-state index in [1.807, 2.05) is 37.3 Å². The molecule has 0 aromatic heterocycles. The Bertz CT molecular complexity index is 376. The van der Waals surface area contributed by atoms with Crippen LogP contribution in [0.3, 0.4) is 0 Å². The zero-order valence-corrected chi connectivity index (χ0v) is 12.1. The molecule has 0 heterocycles. The second kappa shape index (κ2) is 7.92. The molecule has 0 spiro atoms. The maximum atomic E-state index is 12.5. The summed E-state index contributed by atoms with van der Waals surface area (Å²) in [5.41, 5.74) is 6.59. The van der Waals surface area contributed by atoms with E-state index < -0.39 is 0 Å². The van der Waals surface area contributed by atoms with Crippen LogP contribution in [0.2, 0.25) is 0 Å². The van der Waals surface area contributed by atoms with E-state index in [0.717, 1.165) is 18.7 Å². The number of amides is 1. The number of hydrogen-bond donors (Lipinski definition) is 2. The van der Waals surface area contributed by atoms with Crippen LogP contribution in [0.25, 0.3) is 0 Å². The molecule has 0 saturated carbocycles. The highest BCUT2D eigenvalue weighted by molar-refractivity contribution is 5.83. The SMILES string of the molecule is CCN(CC)C(C(=O)N[C@@H](C)CN)c1ccccc1. The minimum atomic E-state index is -0.245. The number of nitrogens with one attached hydrogen (secondary N) is 1. The normalized spacial score (nSPS) is 14.2. The van der Waals surface area contributed by atoms with E-state index in [4.69, 9.17) is 5.73 Å². The number of rotatable bonds is 7. The van der Waals surface area contributed by atoms with Crippen molar-refractivity contribution in [2.24, 2.45) is 5.73 Å². The van der Waals surface area contributed by atoms with Gasteiger partial charge in [-0.2, -0.15) is 0 Å². The van der Waals surface area contributed by atoms with Gasteiger partial charge in [-0.25, -0.2) is 0 Å². The van der Waals surface area contributed by atoms with Gasteiger partial charge in [0, 0.05) is 12.6 Å². The van der Waals surface area contributed by atoms with Crippen molar-refractivity contribution in [3.63, 3.8) is 0 Å². The van der Waals surface area contributed by atoms with Gasteiger partial charge in [-0.3, -0.25) is 9.69 Å². The van der Waals surface area contributed by atoms with Crippen molar-refractivity contribution in [1.82, 2.24) is 10.2 Å². The number of carbonyl (C=O) groups is 1. The Balaban J connectivity index is 2.96. The molecule has 2 atom stereocenters. The number of nitrogens with zero attached hydrogens (tertiary/aromatic N) is 1. The summed E-state index contributed by atoms with van der Waals surface area (Å²) < 4.78 is 0. The monoisotopic (exact) mass is 263 g/mol. The number of nitrogens with two attached hydrogens (primary N) is 1. The van der Waals surface area contributed by atoms with Crippen LogP contribution >= 0.6 is 0 Å². The average molecular weight is 263 g/mol. The smallest absolute Gasteiger partial charge is 0.242 e. The molecule has 106 valence electrons. The molecule has 4 nitrogen and oxygen atoms in total. The van der Waals surface area contributed by atoms with Crippen molar-refractivity contribution < 1.29 is 4.79 Å². The molecular formula is C15H25N3O. The fraction of sp³-hybridized carbons (Fsp3) is 0.533. The highest BCUT2D eigenvalue weighted by Gasteiger charge is 2.26. The van der Waals surface area contributed by atoms with Crippen LogP contribution in [0.1, 0.15) is 32.4 Å². The minimum Gasteiger partial charge on any atom is -0.351 e. The van der Waals surface area contributed by atoms with Gasteiger partial charge in [-0.15, -0.1) is 0 Å². The summed E-state index contributed by atoms with van der Waals surface area (Å²) in [5, 5.41) is 2.97. The summed E-state index contributed by atoms with van der Waals surface area (Å²) >= 11 is 0. The maximum Gasteiger partial charge on any atom is 0.242 e. The first-order valence-corrected chi connectivity index (χ1v) is 6.93. The van der Waals surface area contributed by atoms with E-state index in [1.54, 1.807) is 0 Å². The molecule has 1 aromatic rings. The topological polar surface area (TPSA) is 58.4 Å². The van der Waals surface area contributed by atoms with Crippen molar-refractivity contribution in [2.75, 3.05) is 19.6 Å². The van der Waals surface area contributed by atoms with Crippen LogP contribution in [-0.2, 0) is 4.79 Å². The third-order valence-electron chi connectivity index (χ3n) is 3.28. The van der Waals surface area contributed by atoms with Gasteiger partial charge in [-0.1, -0.05) is 44.2 Å². The fourth-order valence-corrected chi connectivity index (χ4v) is 2.13. The number of hydrogen-bond acceptors (Lipinski definition) is 3. The van der Waals surface area contributed by atoms with Crippen molar-refractivity contribution >= 4 is 5.91 Å². The van der Waals surface area contributed by atoms with Gasteiger partial charge < -0.3 is 11.1 Å². The maximum absolute atomic E-state index is 12.5. The number of benzene rings is 1. The van der Waals surface area contributed by atoms with Gasteiger partial charge >= 0.3 is 0 Å². The van der Waals surface area contributed by atoms with Crippen LogP contribution in [0.5, 0.6) is 0 Å². The van der Waals surface area contributed by atoms with E-state index in [9.17, 15) is 4.79 Å². The summed E-state index contributed by atoms with van der Waals surface area (Å²) in [4.78, 5) is 14.6. The van der Waals surface area contributed by atoms with Gasteiger partial charge in [0.25, 0.3) is 0 Å². The molecule has 1 rings (SSSR count). The second-order valence-electron chi connectivity index (χ2n) is 4.68. The Morgan fingerprint density at radius 1 is 1.26 bits per heavy atom. The quantitative estimate of drug-likeness (QED) is 0.784. The summed E-state index contributed by atoms with van der Waals surface area (Å²) in [5.74, 6) is 0.0212. The van der Waals surface area contributed by atoms with E-state index in [2.05, 4.69) is 24.1 Å². The molecule has 0 aliphatic carbocycles. The Kier molecular flexibility index (Phi) is 6.53. The largest absolute Gasteiger partial charge is 0.351 e. The van der Waals surface area contributed by atoms with E-state index in [-0.39, 0.29) is 18.0 Å². The third kappa shape index (κ3) is 4.33. The first-order chi connectivity index (χ1) is 9.13. The predicted molar refractivity (Wildman–Crippen MR) is 78.8 cm³/mol. The van der Waals surface area contributed by atoms with Crippen LogP contribution in [0.15, 0.2) is 30.3 Å². The lowest BCUT2D eigenvalue weighted by Crippen LogP contribution is -2.45. The minimum absolute atomic E-state index is 0.00530. The summed E-state index contributed by atoms with van der Waals surface area (Å²) in [6.07, 6.45) is 0. The van der Waals surface area contributed by atoms with E-state index in [1.165, 1.54) is 0 Å². The molecule has 1 amide bonds. The van der Waals surface area contributed by atoms with Gasteiger partial charge in [-0.05, 0) is 25.6 Å². The Morgan fingerprint density at radius 3 is 2.32 bits per heavy atom. The molecule has 0 fully saturated rings. The lowest BCUT2D eigenvalue weighted by atomic mass is 10.0. The van der Waals surface area contributed by atoms with Gasteiger partial charge in [0.15, 0.2) is 0 Å². The van der Waals surface area contributed by atoms with Crippen LogP contribution < -0.4 is 11.1 Å². The number of likely N-dealkylation sites (N-methyl/N-ethyl adjacent to an activating group) is 1. The first kappa shape index (κ1) is 15.7. The second-order valence-corrected chi connectivity index (χ2v) is 4.68. The fourth-order valence-electron chi connectivity index (χ4n) is 2.13. The standard InChI is InChI=1S/C15H25N3O/c1-4-18(5-2)14(13-9-7-6-8-10-13)15(19)17-12(3)11-16/h6-10,12,14H,4-5,11,16H2,1-3H3,(H,17,19)/t12-,14?/m0/s1. The molecule has 4 heteroatoms. The van der Waals surface area contributed by atoms with Gasteiger partial charge in [0.1, 0.15) is 6.04 Å². The lowest BCUT2D eigenvalue weighted by Gasteiger charge is -2.30. The van der Waals surface area contributed by atoms with Crippen LogP contribution in [0, 0.1) is 0 Å². The van der Waals surface area contributed by atoms with Crippen molar-refractivity contribution in [3.8, 4) is 0 Å². The molecule has 0 bridgehead atoms. The summed E-state index contributed by atoms with van der Waals surface area (Å²) in [7, 11) is 0. The Hall–Kier alpha value is -1.39. The Morgan fingerprint density at radius 2 is 1.84 bits per heavy atom. The molecule has 19 heavy (non-hydrogen) atoms. The molecule has 1 unspecified atom stereocenters. The highest BCUT2D eigenvalue weighted by atomic mass is 16.2. The molecule has 0 aliphatic rings. The van der Waals surface area contributed by atoms with Crippen molar-refractivity contribution in [2.45, 2.75) is 32.9 Å². The van der Waals surface area contributed by atoms with Gasteiger partial charge in [0.2, 0.25) is 5.91 Å². The van der Waals surface area contributed by atoms with Crippen LogP contribution in [-0.4, -0.2) is 36.5 Å². The third-order valence-corrected chi connectivity index (χ3v) is 3.28. The molecule has 0 saturated heterocycles. The first-order valence-electron chi connectivity index (χ1n) is 6.93. The highest BCUT2D eigenvalue weighted by Crippen LogP contribution is 2.20. The van der Waals surface area contributed by atoms with Crippen molar-refractivity contribution in [1.29, 1.82) is 0 Å². The molecule has 0 radical (unpaired) electrons. The van der Waals surface area contributed by atoms with E-state index in [0.29, 0.717) is 6.54 Å². The zero-order valence-electron chi connectivity index (χ0n) is 12.1.